The van der Waals surface area contributed by atoms with Crippen LogP contribution in [0.5, 0.6) is 5.75 Å². The van der Waals surface area contributed by atoms with Gasteiger partial charge in [-0.3, -0.25) is 0 Å². The minimum absolute atomic E-state index is 0.124. The lowest BCUT2D eigenvalue weighted by atomic mass is 10.1. The third kappa shape index (κ3) is 2.16. The Balaban J connectivity index is 3.11. The largest absolute Gasteiger partial charge is 0.497 e. The second kappa shape index (κ2) is 4.30. The molecule has 1 aromatic rings. The van der Waals surface area contributed by atoms with Gasteiger partial charge in [-0.2, -0.15) is 0 Å². The first-order valence-corrected chi connectivity index (χ1v) is 4.18. The van der Waals surface area contributed by atoms with E-state index in [1.54, 1.807) is 6.07 Å². The normalized spacial score (nSPS) is 12.2. The summed E-state index contributed by atoms with van der Waals surface area (Å²) in [5, 5.41) is 18.0. The highest BCUT2D eigenvalue weighted by Crippen LogP contribution is 2.27. The number of hydrogen-bond acceptors (Lipinski definition) is 3. The van der Waals surface area contributed by atoms with E-state index in [0.29, 0.717) is 5.75 Å². The minimum Gasteiger partial charge on any atom is -0.497 e. The average Bonchev–Trinajstić information content (AvgIpc) is 2.17. The molecule has 4 nitrogen and oxygen atoms in total. The van der Waals surface area contributed by atoms with Crippen LogP contribution < -0.4 is 4.74 Å². The van der Waals surface area contributed by atoms with Gasteiger partial charge in [-0.25, -0.2) is 4.79 Å². The van der Waals surface area contributed by atoms with Crippen LogP contribution in [0.3, 0.4) is 0 Å². The minimum atomic E-state index is -1.63. The number of ether oxygens (including phenoxy) is 1. The number of rotatable bonds is 3. The first-order chi connectivity index (χ1) is 6.56. The molecule has 1 aromatic carbocycles. The highest BCUT2D eigenvalue weighted by Gasteiger charge is 2.19. The Bertz CT molecular complexity index is 351. The van der Waals surface area contributed by atoms with E-state index in [1.165, 1.54) is 19.2 Å². The van der Waals surface area contributed by atoms with Gasteiger partial charge in [0.1, 0.15) is 5.75 Å². The second-order valence-corrected chi connectivity index (χ2v) is 3.04. The molecule has 1 rings (SSSR count). The molecule has 1 atom stereocenters. The molecule has 2 N–H and O–H groups in total. The van der Waals surface area contributed by atoms with Gasteiger partial charge < -0.3 is 14.9 Å². The molecule has 0 fully saturated rings. The molecule has 0 saturated carbocycles. The first-order valence-electron chi connectivity index (χ1n) is 3.80. The maximum Gasteiger partial charge on any atom is 0.337 e. The highest BCUT2D eigenvalue weighted by atomic mass is 35.5. The van der Waals surface area contributed by atoms with Gasteiger partial charge in [0.15, 0.2) is 6.10 Å². The first kappa shape index (κ1) is 10.8. The standard InChI is InChI=1S/C9H9ClO4/c1-14-5-2-3-7(10)6(4-5)8(11)9(12)13/h2-4,8,11H,1H3,(H,12,13). The highest BCUT2D eigenvalue weighted by molar-refractivity contribution is 6.31. The Labute approximate surface area is 85.7 Å². The molecule has 0 aliphatic heterocycles. The topological polar surface area (TPSA) is 66.8 Å². The van der Waals surface area contributed by atoms with Crippen LogP contribution in [0.1, 0.15) is 11.7 Å². The zero-order valence-electron chi connectivity index (χ0n) is 7.40. The van der Waals surface area contributed by atoms with E-state index in [-0.39, 0.29) is 10.6 Å². The summed E-state index contributed by atoms with van der Waals surface area (Å²) in [7, 11) is 1.44. The summed E-state index contributed by atoms with van der Waals surface area (Å²) in [6.45, 7) is 0. The molecule has 0 heterocycles. The number of aliphatic carboxylic acids is 1. The van der Waals surface area contributed by atoms with Crippen molar-refractivity contribution < 1.29 is 19.7 Å². The molecule has 0 saturated heterocycles. The Morgan fingerprint density at radius 1 is 1.57 bits per heavy atom. The second-order valence-electron chi connectivity index (χ2n) is 2.63. The molecule has 5 heteroatoms. The van der Waals surface area contributed by atoms with Gasteiger partial charge in [0.25, 0.3) is 0 Å². The van der Waals surface area contributed by atoms with Gasteiger partial charge in [-0.1, -0.05) is 11.6 Å². The predicted octanol–water partition coefficient (Wildman–Crippen LogP) is 1.47. The molecule has 0 aliphatic rings. The molecule has 0 aliphatic carbocycles. The summed E-state index contributed by atoms with van der Waals surface area (Å²) >= 11 is 5.71. The maximum absolute atomic E-state index is 10.5. The SMILES string of the molecule is COc1ccc(Cl)c(C(O)C(=O)O)c1. The summed E-state index contributed by atoms with van der Waals surface area (Å²) in [5.74, 6) is -0.898. The smallest absolute Gasteiger partial charge is 0.337 e. The van der Waals surface area contributed by atoms with E-state index < -0.39 is 12.1 Å². The van der Waals surface area contributed by atoms with Crippen molar-refractivity contribution in [3.63, 3.8) is 0 Å². The number of carboxylic acids is 1. The van der Waals surface area contributed by atoms with Crippen LogP contribution in [0.15, 0.2) is 18.2 Å². The number of aliphatic hydroxyl groups excluding tert-OH is 1. The quantitative estimate of drug-likeness (QED) is 0.803. The van der Waals surface area contributed by atoms with Crippen molar-refractivity contribution in [2.24, 2.45) is 0 Å². The third-order valence-corrected chi connectivity index (χ3v) is 2.08. The van der Waals surface area contributed by atoms with Crippen molar-refractivity contribution in [1.29, 1.82) is 0 Å². The van der Waals surface area contributed by atoms with Crippen LogP contribution in [-0.2, 0) is 4.79 Å². The van der Waals surface area contributed by atoms with Gasteiger partial charge in [-0.05, 0) is 18.2 Å². The number of hydrogen-bond donors (Lipinski definition) is 2. The Morgan fingerprint density at radius 3 is 2.71 bits per heavy atom. The van der Waals surface area contributed by atoms with Crippen molar-refractivity contribution >= 4 is 17.6 Å². The molecule has 0 bridgehead atoms. The summed E-state index contributed by atoms with van der Waals surface area (Å²) in [6.07, 6.45) is -1.63. The van der Waals surface area contributed by atoms with Gasteiger partial charge in [0.2, 0.25) is 0 Å². The number of methoxy groups -OCH3 is 1. The molecule has 0 radical (unpaired) electrons. The van der Waals surface area contributed by atoms with Crippen molar-refractivity contribution in [2.75, 3.05) is 7.11 Å². The maximum atomic E-state index is 10.5. The number of aliphatic hydroxyl groups is 1. The molecular weight excluding hydrogens is 208 g/mol. The van der Waals surface area contributed by atoms with E-state index in [1.807, 2.05) is 0 Å². The van der Waals surface area contributed by atoms with E-state index in [9.17, 15) is 9.90 Å². The Hall–Kier alpha value is -1.26. The summed E-state index contributed by atoms with van der Waals surface area (Å²) < 4.78 is 4.88. The molecule has 0 spiro atoms. The zero-order valence-corrected chi connectivity index (χ0v) is 8.15. The van der Waals surface area contributed by atoms with Gasteiger partial charge in [0, 0.05) is 10.6 Å². The van der Waals surface area contributed by atoms with Gasteiger partial charge in [0.05, 0.1) is 7.11 Å². The molecule has 0 amide bonds. The lowest BCUT2D eigenvalue weighted by molar-refractivity contribution is -0.146. The number of halogens is 1. The predicted molar refractivity (Wildman–Crippen MR) is 50.6 cm³/mol. The van der Waals surface area contributed by atoms with Crippen molar-refractivity contribution in [1.82, 2.24) is 0 Å². The van der Waals surface area contributed by atoms with Crippen LogP contribution in [-0.4, -0.2) is 23.3 Å². The molecule has 1 unspecified atom stereocenters. The summed E-state index contributed by atoms with van der Waals surface area (Å²) in [6, 6.07) is 4.45. The molecule has 76 valence electrons. The van der Waals surface area contributed by atoms with Crippen molar-refractivity contribution in [3.05, 3.63) is 28.8 Å². The fourth-order valence-electron chi connectivity index (χ4n) is 0.991. The van der Waals surface area contributed by atoms with Crippen molar-refractivity contribution in [2.45, 2.75) is 6.10 Å². The molecule has 0 aromatic heterocycles. The Morgan fingerprint density at radius 2 is 2.21 bits per heavy atom. The van der Waals surface area contributed by atoms with Crippen LogP contribution in [0.25, 0.3) is 0 Å². The fraction of sp³-hybridized carbons (Fsp3) is 0.222. The van der Waals surface area contributed by atoms with Crippen LogP contribution in [0.4, 0.5) is 0 Å². The summed E-state index contributed by atoms with van der Waals surface area (Å²) in [4.78, 5) is 10.5. The number of benzene rings is 1. The lowest BCUT2D eigenvalue weighted by Crippen LogP contribution is -2.11. The zero-order chi connectivity index (χ0) is 10.7. The lowest BCUT2D eigenvalue weighted by Gasteiger charge is -2.09. The Kier molecular flexibility index (Phi) is 3.33. The van der Waals surface area contributed by atoms with Crippen LogP contribution >= 0.6 is 11.6 Å². The van der Waals surface area contributed by atoms with Gasteiger partial charge in [-0.15, -0.1) is 0 Å². The molecular formula is C9H9ClO4. The van der Waals surface area contributed by atoms with Crippen LogP contribution in [0, 0.1) is 0 Å². The average molecular weight is 217 g/mol. The van der Waals surface area contributed by atoms with E-state index >= 15 is 0 Å². The summed E-state index contributed by atoms with van der Waals surface area (Å²) in [5.41, 5.74) is 0.124. The van der Waals surface area contributed by atoms with Gasteiger partial charge >= 0.3 is 5.97 Å². The number of carbonyl (C=O) groups is 1. The fourth-order valence-corrected chi connectivity index (χ4v) is 1.21. The van der Waals surface area contributed by atoms with E-state index in [2.05, 4.69) is 0 Å². The molecule has 14 heavy (non-hydrogen) atoms. The van der Waals surface area contributed by atoms with E-state index in [4.69, 9.17) is 21.4 Å². The monoisotopic (exact) mass is 216 g/mol. The number of carboxylic acid groups (broad SMARTS) is 1. The third-order valence-electron chi connectivity index (χ3n) is 1.73. The van der Waals surface area contributed by atoms with Crippen LogP contribution in [0.2, 0.25) is 5.02 Å². The van der Waals surface area contributed by atoms with Crippen molar-refractivity contribution in [3.8, 4) is 5.75 Å². The van der Waals surface area contributed by atoms with E-state index in [0.717, 1.165) is 0 Å².